The number of ether oxygens (including phenoxy) is 1. The lowest BCUT2D eigenvalue weighted by molar-refractivity contribution is 0.0773. The summed E-state index contributed by atoms with van der Waals surface area (Å²) in [5.41, 5.74) is 3.00. The van der Waals surface area contributed by atoms with Gasteiger partial charge in [-0.1, -0.05) is 13.0 Å². The molecule has 2 aromatic carbocycles. The van der Waals surface area contributed by atoms with Crippen molar-refractivity contribution in [2.24, 2.45) is 0 Å². The number of benzene rings is 2. The second-order valence-electron chi connectivity index (χ2n) is 8.17. The molecular formula is C26H37N3O2. The second-order valence-corrected chi connectivity index (χ2v) is 8.17. The number of rotatable bonds is 9. The third kappa shape index (κ3) is 5.59. The minimum Gasteiger partial charge on any atom is -0.497 e. The number of likely N-dealkylation sites (tertiary alicyclic amines) is 1. The van der Waals surface area contributed by atoms with Crippen molar-refractivity contribution >= 4 is 17.3 Å². The number of carbonyl (C=O) groups excluding carboxylic acids is 1. The van der Waals surface area contributed by atoms with Crippen LogP contribution in [0, 0.1) is 0 Å². The zero-order valence-electron chi connectivity index (χ0n) is 19.5. The molecule has 5 heteroatoms. The van der Waals surface area contributed by atoms with Gasteiger partial charge in [0, 0.05) is 55.2 Å². The van der Waals surface area contributed by atoms with E-state index in [1.54, 1.807) is 7.11 Å². The number of methoxy groups -OCH3 is 1. The number of piperidine rings is 1. The Kier molecular flexibility index (Phi) is 8.35. The Morgan fingerprint density at radius 2 is 1.68 bits per heavy atom. The highest BCUT2D eigenvalue weighted by Crippen LogP contribution is 2.34. The predicted molar refractivity (Wildman–Crippen MR) is 129 cm³/mol. The summed E-state index contributed by atoms with van der Waals surface area (Å²) in [5.74, 6) is 0.955. The first-order chi connectivity index (χ1) is 15.1. The molecule has 1 heterocycles. The molecule has 0 N–H and O–H groups in total. The van der Waals surface area contributed by atoms with Gasteiger partial charge in [0.25, 0.3) is 5.91 Å². The van der Waals surface area contributed by atoms with Crippen LogP contribution in [-0.4, -0.2) is 61.6 Å². The van der Waals surface area contributed by atoms with E-state index in [0.29, 0.717) is 6.04 Å². The quantitative estimate of drug-likeness (QED) is 0.556. The maximum absolute atomic E-state index is 12.7. The van der Waals surface area contributed by atoms with Crippen molar-refractivity contribution in [2.45, 2.75) is 46.1 Å². The minimum atomic E-state index is 0.0948. The molecule has 0 aromatic heterocycles. The molecule has 0 aliphatic carbocycles. The topological polar surface area (TPSA) is 36.0 Å². The summed E-state index contributed by atoms with van der Waals surface area (Å²) in [6.07, 6.45) is 3.45. The standard InChI is InChI=1S/C26H37N3O2/c1-5-17-27-18-15-23(16-19-27)29(24-9-8-10-25(20-24)31-4)22-13-11-21(12-14-22)26(30)28(6-2)7-3/h8-14,20,23H,5-7,15-19H2,1-4H3. The lowest BCUT2D eigenvalue weighted by Gasteiger charge is -2.40. The van der Waals surface area contributed by atoms with Crippen LogP contribution in [0.2, 0.25) is 0 Å². The van der Waals surface area contributed by atoms with Gasteiger partial charge in [-0.05, 0) is 76.1 Å². The zero-order valence-corrected chi connectivity index (χ0v) is 19.5. The molecule has 1 saturated heterocycles. The summed E-state index contributed by atoms with van der Waals surface area (Å²) in [4.78, 5) is 19.6. The molecule has 1 aliphatic rings. The van der Waals surface area contributed by atoms with E-state index in [0.717, 1.165) is 61.7 Å². The van der Waals surface area contributed by atoms with Crippen LogP contribution in [0.15, 0.2) is 48.5 Å². The molecule has 1 fully saturated rings. The van der Waals surface area contributed by atoms with Crippen LogP contribution in [0.5, 0.6) is 5.75 Å². The number of amides is 1. The molecule has 0 spiro atoms. The average molecular weight is 424 g/mol. The summed E-state index contributed by atoms with van der Waals surface area (Å²) in [6, 6.07) is 16.8. The number of nitrogens with zero attached hydrogens (tertiary/aromatic N) is 3. The minimum absolute atomic E-state index is 0.0948. The number of hydrogen-bond acceptors (Lipinski definition) is 4. The van der Waals surface area contributed by atoms with Gasteiger partial charge in [-0.3, -0.25) is 4.79 Å². The Hall–Kier alpha value is -2.53. The van der Waals surface area contributed by atoms with E-state index < -0.39 is 0 Å². The molecule has 31 heavy (non-hydrogen) atoms. The van der Waals surface area contributed by atoms with E-state index in [9.17, 15) is 4.79 Å². The first kappa shape index (κ1) is 23.1. The number of hydrogen-bond donors (Lipinski definition) is 0. The third-order valence-electron chi connectivity index (χ3n) is 6.24. The first-order valence-electron chi connectivity index (χ1n) is 11.7. The lowest BCUT2D eigenvalue weighted by Crippen LogP contribution is -2.43. The van der Waals surface area contributed by atoms with E-state index in [1.165, 1.54) is 13.0 Å². The SMILES string of the molecule is CCCN1CCC(N(c2ccc(C(=O)N(CC)CC)cc2)c2cccc(OC)c2)CC1. The summed E-state index contributed by atoms with van der Waals surface area (Å²) in [5, 5.41) is 0. The van der Waals surface area contributed by atoms with Crippen molar-refractivity contribution in [3.8, 4) is 5.75 Å². The molecule has 2 aromatic rings. The Balaban J connectivity index is 1.88. The van der Waals surface area contributed by atoms with Gasteiger partial charge >= 0.3 is 0 Å². The van der Waals surface area contributed by atoms with Crippen molar-refractivity contribution in [2.75, 3.05) is 44.7 Å². The van der Waals surface area contributed by atoms with Crippen LogP contribution in [0.25, 0.3) is 0 Å². The number of anilines is 2. The molecular weight excluding hydrogens is 386 g/mol. The molecule has 1 amide bonds. The number of carbonyl (C=O) groups is 1. The fraction of sp³-hybridized carbons (Fsp3) is 0.500. The molecule has 5 nitrogen and oxygen atoms in total. The molecule has 0 unspecified atom stereocenters. The summed E-state index contributed by atoms with van der Waals surface area (Å²) >= 11 is 0. The summed E-state index contributed by atoms with van der Waals surface area (Å²) < 4.78 is 5.49. The van der Waals surface area contributed by atoms with Gasteiger partial charge in [-0.15, -0.1) is 0 Å². The van der Waals surface area contributed by atoms with Crippen LogP contribution in [0.1, 0.15) is 50.4 Å². The first-order valence-corrected chi connectivity index (χ1v) is 11.7. The smallest absolute Gasteiger partial charge is 0.253 e. The molecule has 3 rings (SSSR count). The molecule has 168 valence electrons. The van der Waals surface area contributed by atoms with Crippen molar-refractivity contribution in [1.82, 2.24) is 9.80 Å². The van der Waals surface area contributed by atoms with Gasteiger partial charge in [0.1, 0.15) is 5.75 Å². The molecule has 0 saturated carbocycles. The molecule has 0 bridgehead atoms. The molecule has 1 aliphatic heterocycles. The Morgan fingerprint density at radius 3 is 2.26 bits per heavy atom. The normalized spacial score (nSPS) is 15.0. The van der Waals surface area contributed by atoms with E-state index in [1.807, 2.05) is 43.0 Å². The van der Waals surface area contributed by atoms with Crippen LogP contribution in [0.4, 0.5) is 11.4 Å². The Morgan fingerprint density at radius 1 is 1.00 bits per heavy atom. The van der Waals surface area contributed by atoms with Gasteiger partial charge in [0.05, 0.1) is 7.11 Å². The van der Waals surface area contributed by atoms with Crippen molar-refractivity contribution in [3.05, 3.63) is 54.1 Å². The van der Waals surface area contributed by atoms with Gasteiger partial charge in [0.15, 0.2) is 0 Å². The second kappa shape index (κ2) is 11.2. The summed E-state index contributed by atoms with van der Waals surface area (Å²) in [7, 11) is 1.71. The van der Waals surface area contributed by atoms with Gasteiger partial charge in [-0.25, -0.2) is 0 Å². The maximum Gasteiger partial charge on any atom is 0.253 e. The largest absolute Gasteiger partial charge is 0.497 e. The molecule has 0 atom stereocenters. The Bertz CT molecular complexity index is 825. The monoisotopic (exact) mass is 423 g/mol. The van der Waals surface area contributed by atoms with Crippen LogP contribution in [0.3, 0.4) is 0 Å². The maximum atomic E-state index is 12.7. The van der Waals surface area contributed by atoms with Crippen LogP contribution in [-0.2, 0) is 0 Å². The molecule has 0 radical (unpaired) electrons. The fourth-order valence-corrected chi connectivity index (χ4v) is 4.51. The van der Waals surface area contributed by atoms with E-state index in [4.69, 9.17) is 4.74 Å². The van der Waals surface area contributed by atoms with E-state index in [2.05, 4.69) is 41.0 Å². The predicted octanol–water partition coefficient (Wildman–Crippen LogP) is 5.19. The van der Waals surface area contributed by atoms with Crippen molar-refractivity contribution in [3.63, 3.8) is 0 Å². The highest BCUT2D eigenvalue weighted by atomic mass is 16.5. The third-order valence-corrected chi connectivity index (χ3v) is 6.24. The van der Waals surface area contributed by atoms with Gasteiger partial charge in [-0.2, -0.15) is 0 Å². The highest BCUT2D eigenvalue weighted by Gasteiger charge is 2.26. The van der Waals surface area contributed by atoms with Crippen molar-refractivity contribution in [1.29, 1.82) is 0 Å². The summed E-state index contributed by atoms with van der Waals surface area (Å²) in [6.45, 7) is 11.2. The Labute approximate surface area is 187 Å². The van der Waals surface area contributed by atoms with Crippen molar-refractivity contribution < 1.29 is 9.53 Å². The average Bonchev–Trinajstić information content (AvgIpc) is 2.82. The zero-order chi connectivity index (χ0) is 22.2. The fourth-order valence-electron chi connectivity index (χ4n) is 4.51. The van der Waals surface area contributed by atoms with Gasteiger partial charge < -0.3 is 19.4 Å². The highest BCUT2D eigenvalue weighted by molar-refractivity contribution is 5.94. The van der Waals surface area contributed by atoms with E-state index >= 15 is 0 Å². The van der Waals surface area contributed by atoms with Gasteiger partial charge in [0.2, 0.25) is 0 Å². The van der Waals surface area contributed by atoms with Crippen LogP contribution < -0.4 is 9.64 Å². The lowest BCUT2D eigenvalue weighted by atomic mass is 10.0. The van der Waals surface area contributed by atoms with Crippen LogP contribution >= 0.6 is 0 Å². The van der Waals surface area contributed by atoms with E-state index in [-0.39, 0.29) is 5.91 Å².